The Morgan fingerprint density at radius 3 is 2.52 bits per heavy atom. The minimum Gasteiger partial charge on any atom is -0.497 e. The zero-order valence-electron chi connectivity index (χ0n) is 15.3. The van der Waals surface area contributed by atoms with Gasteiger partial charge < -0.3 is 20.1 Å². The van der Waals surface area contributed by atoms with E-state index in [9.17, 15) is 14.4 Å². The topological polar surface area (TPSA) is 93.7 Å². The van der Waals surface area contributed by atoms with Crippen LogP contribution in [-0.2, 0) is 9.53 Å². The van der Waals surface area contributed by atoms with Gasteiger partial charge >= 0.3 is 5.97 Å². The second-order valence-corrected chi connectivity index (χ2v) is 7.22. The van der Waals surface area contributed by atoms with Gasteiger partial charge in [-0.3, -0.25) is 9.59 Å². The third-order valence-electron chi connectivity index (χ3n) is 4.26. The molecule has 1 aliphatic carbocycles. The number of esters is 1. The largest absolute Gasteiger partial charge is 0.497 e. The molecule has 0 radical (unpaired) electrons. The average Bonchev–Trinajstić information content (AvgIpc) is 3.46. The van der Waals surface area contributed by atoms with Crippen LogP contribution in [0.1, 0.15) is 38.4 Å². The molecule has 8 heteroatoms. The second-order valence-electron chi connectivity index (χ2n) is 6.20. The molecule has 7 nitrogen and oxygen atoms in total. The summed E-state index contributed by atoms with van der Waals surface area (Å²) >= 11 is 1.06. The molecule has 0 unspecified atom stereocenters. The number of carbonyl (C=O) groups excluding carboxylic acids is 3. The number of ether oxygens (including phenoxy) is 2. The van der Waals surface area contributed by atoms with Crippen LogP contribution in [0.4, 0.5) is 10.7 Å². The van der Waals surface area contributed by atoms with Crippen molar-refractivity contribution >= 4 is 39.8 Å². The molecule has 1 aromatic heterocycles. The SMILES string of the molecule is COC(=O)c1c(NC(=O)C2CC2)sc(C(=O)Nc2cccc(OC)c2)c1C. The highest BCUT2D eigenvalue weighted by atomic mass is 32.1. The number of amides is 2. The Kier molecular flexibility index (Phi) is 5.46. The summed E-state index contributed by atoms with van der Waals surface area (Å²) in [6.45, 7) is 1.66. The van der Waals surface area contributed by atoms with Gasteiger partial charge in [-0.25, -0.2) is 4.79 Å². The first kappa shape index (κ1) is 18.9. The van der Waals surface area contributed by atoms with Gasteiger partial charge in [0, 0.05) is 17.7 Å². The lowest BCUT2D eigenvalue weighted by atomic mass is 10.1. The quantitative estimate of drug-likeness (QED) is 0.739. The summed E-state index contributed by atoms with van der Waals surface area (Å²) < 4.78 is 9.98. The number of nitrogens with one attached hydrogen (secondary N) is 2. The highest BCUT2D eigenvalue weighted by Gasteiger charge is 2.32. The molecule has 142 valence electrons. The van der Waals surface area contributed by atoms with Crippen molar-refractivity contribution in [3.05, 3.63) is 40.3 Å². The normalized spacial score (nSPS) is 13.0. The molecular weight excluding hydrogens is 368 g/mol. The van der Waals surface area contributed by atoms with Crippen molar-refractivity contribution in [1.82, 2.24) is 0 Å². The molecule has 0 atom stereocenters. The number of rotatable bonds is 6. The Balaban J connectivity index is 1.89. The van der Waals surface area contributed by atoms with Crippen molar-refractivity contribution in [2.24, 2.45) is 5.92 Å². The highest BCUT2D eigenvalue weighted by Crippen LogP contribution is 2.37. The van der Waals surface area contributed by atoms with Crippen LogP contribution in [0.25, 0.3) is 0 Å². The van der Waals surface area contributed by atoms with E-state index >= 15 is 0 Å². The number of methoxy groups -OCH3 is 2. The van der Waals surface area contributed by atoms with E-state index in [0.29, 0.717) is 26.9 Å². The van der Waals surface area contributed by atoms with Gasteiger partial charge in [-0.05, 0) is 37.5 Å². The van der Waals surface area contributed by atoms with E-state index in [1.54, 1.807) is 38.3 Å². The van der Waals surface area contributed by atoms with Crippen molar-refractivity contribution in [2.45, 2.75) is 19.8 Å². The Morgan fingerprint density at radius 2 is 1.89 bits per heavy atom. The average molecular weight is 388 g/mol. The van der Waals surface area contributed by atoms with E-state index in [0.717, 1.165) is 24.2 Å². The van der Waals surface area contributed by atoms with Crippen LogP contribution in [0.15, 0.2) is 24.3 Å². The minimum absolute atomic E-state index is 0.0213. The van der Waals surface area contributed by atoms with Gasteiger partial charge in [-0.2, -0.15) is 0 Å². The van der Waals surface area contributed by atoms with Crippen LogP contribution >= 0.6 is 11.3 Å². The lowest BCUT2D eigenvalue weighted by Crippen LogP contribution is -2.15. The Bertz CT molecular complexity index is 902. The predicted molar refractivity (Wildman–Crippen MR) is 103 cm³/mol. The first-order valence-electron chi connectivity index (χ1n) is 8.42. The van der Waals surface area contributed by atoms with Gasteiger partial charge in [-0.15, -0.1) is 11.3 Å². The van der Waals surface area contributed by atoms with Crippen LogP contribution in [0.2, 0.25) is 0 Å². The monoisotopic (exact) mass is 388 g/mol. The standard InChI is InChI=1S/C19H20N2O5S/c1-10-14(19(24)26-3)18(21-16(22)11-7-8-11)27-15(10)17(23)20-12-5-4-6-13(9-12)25-2/h4-6,9,11H,7-8H2,1-3H3,(H,20,23)(H,21,22). The van der Waals surface area contributed by atoms with E-state index in [4.69, 9.17) is 9.47 Å². The summed E-state index contributed by atoms with van der Waals surface area (Å²) in [6, 6.07) is 6.96. The van der Waals surface area contributed by atoms with Crippen molar-refractivity contribution in [1.29, 1.82) is 0 Å². The number of anilines is 2. The van der Waals surface area contributed by atoms with Gasteiger partial charge in [-0.1, -0.05) is 6.07 Å². The fourth-order valence-electron chi connectivity index (χ4n) is 2.61. The number of thiophene rings is 1. The van der Waals surface area contributed by atoms with E-state index in [1.807, 2.05) is 0 Å². The van der Waals surface area contributed by atoms with Crippen molar-refractivity contribution in [2.75, 3.05) is 24.9 Å². The fourth-order valence-corrected chi connectivity index (χ4v) is 3.71. The zero-order valence-corrected chi connectivity index (χ0v) is 16.1. The maximum Gasteiger partial charge on any atom is 0.341 e. The zero-order chi connectivity index (χ0) is 19.6. The summed E-state index contributed by atoms with van der Waals surface area (Å²) in [5, 5.41) is 5.89. The molecule has 2 N–H and O–H groups in total. The van der Waals surface area contributed by atoms with E-state index in [1.165, 1.54) is 7.11 Å². The maximum atomic E-state index is 12.7. The molecule has 0 bridgehead atoms. The van der Waals surface area contributed by atoms with Gasteiger partial charge in [0.05, 0.1) is 24.7 Å². The molecule has 2 aromatic rings. The fraction of sp³-hybridized carbons (Fsp3) is 0.316. The maximum absolute atomic E-state index is 12.7. The number of hydrogen-bond donors (Lipinski definition) is 2. The Labute approximate surface area is 160 Å². The van der Waals surface area contributed by atoms with Gasteiger partial charge in [0.2, 0.25) is 5.91 Å². The van der Waals surface area contributed by atoms with Crippen LogP contribution < -0.4 is 15.4 Å². The third-order valence-corrected chi connectivity index (χ3v) is 5.46. The molecule has 0 saturated heterocycles. The molecule has 1 heterocycles. The van der Waals surface area contributed by atoms with Gasteiger partial charge in [0.1, 0.15) is 10.8 Å². The first-order chi connectivity index (χ1) is 12.9. The second kappa shape index (κ2) is 7.79. The Morgan fingerprint density at radius 1 is 1.15 bits per heavy atom. The van der Waals surface area contributed by atoms with Crippen LogP contribution in [0.3, 0.4) is 0 Å². The van der Waals surface area contributed by atoms with Crippen LogP contribution in [0, 0.1) is 12.8 Å². The first-order valence-corrected chi connectivity index (χ1v) is 9.24. The van der Waals surface area contributed by atoms with Crippen LogP contribution in [0.5, 0.6) is 5.75 Å². The summed E-state index contributed by atoms with van der Waals surface area (Å²) in [7, 11) is 2.81. The van der Waals surface area contributed by atoms with Crippen molar-refractivity contribution in [3.8, 4) is 5.75 Å². The smallest absolute Gasteiger partial charge is 0.341 e. The molecule has 27 heavy (non-hydrogen) atoms. The van der Waals surface area contributed by atoms with E-state index < -0.39 is 5.97 Å². The lowest BCUT2D eigenvalue weighted by Gasteiger charge is -2.06. The lowest BCUT2D eigenvalue weighted by molar-refractivity contribution is -0.117. The predicted octanol–water partition coefficient (Wildman–Crippen LogP) is 3.45. The number of carbonyl (C=O) groups is 3. The summed E-state index contributed by atoms with van der Waals surface area (Å²) in [6.07, 6.45) is 1.68. The molecule has 0 aliphatic heterocycles. The molecular formula is C19H20N2O5S. The van der Waals surface area contributed by atoms with Crippen LogP contribution in [-0.4, -0.2) is 32.0 Å². The minimum atomic E-state index is -0.588. The molecule has 1 aromatic carbocycles. The summed E-state index contributed by atoms with van der Waals surface area (Å²) in [4.78, 5) is 37.4. The molecule has 1 saturated carbocycles. The van der Waals surface area contributed by atoms with Crippen molar-refractivity contribution < 1.29 is 23.9 Å². The highest BCUT2D eigenvalue weighted by molar-refractivity contribution is 7.19. The van der Waals surface area contributed by atoms with Gasteiger partial charge in [0.25, 0.3) is 5.91 Å². The molecule has 3 rings (SSSR count). The van der Waals surface area contributed by atoms with Crippen molar-refractivity contribution in [3.63, 3.8) is 0 Å². The third kappa shape index (κ3) is 4.11. The molecule has 2 amide bonds. The summed E-state index contributed by atoms with van der Waals surface area (Å²) in [5.41, 5.74) is 1.25. The molecule has 0 spiro atoms. The van der Waals surface area contributed by atoms with E-state index in [-0.39, 0.29) is 23.3 Å². The number of benzene rings is 1. The van der Waals surface area contributed by atoms with E-state index in [2.05, 4.69) is 10.6 Å². The molecule has 1 fully saturated rings. The van der Waals surface area contributed by atoms with Gasteiger partial charge in [0.15, 0.2) is 0 Å². The number of hydrogen-bond acceptors (Lipinski definition) is 6. The molecule has 1 aliphatic rings. The summed E-state index contributed by atoms with van der Waals surface area (Å²) in [5.74, 6) is -0.505. The Hall–Kier alpha value is -2.87.